The Morgan fingerprint density at radius 2 is 2.00 bits per heavy atom. The summed E-state index contributed by atoms with van der Waals surface area (Å²) in [7, 11) is 0. The number of benzene rings is 2. The summed E-state index contributed by atoms with van der Waals surface area (Å²) in [6.45, 7) is 4.06. The summed E-state index contributed by atoms with van der Waals surface area (Å²) in [6, 6.07) is 12.9. The smallest absolute Gasteiger partial charge is 0.266 e. The minimum Gasteiger partial charge on any atom is -0.487 e. The first kappa shape index (κ1) is 20.9. The van der Waals surface area contributed by atoms with Crippen LogP contribution in [0.3, 0.4) is 0 Å². The van der Waals surface area contributed by atoms with Gasteiger partial charge in [-0.2, -0.15) is 5.26 Å². The number of nitriles is 1. The maximum absolute atomic E-state index is 12.4. The van der Waals surface area contributed by atoms with Gasteiger partial charge in [0, 0.05) is 10.2 Å². The first-order valence-electron chi connectivity index (χ1n) is 7.36. The molecule has 2 aromatic carbocycles. The van der Waals surface area contributed by atoms with Crippen LogP contribution in [0.1, 0.15) is 5.56 Å². The highest BCUT2D eigenvalue weighted by Gasteiger charge is 2.12. The van der Waals surface area contributed by atoms with Crippen LogP contribution in [0.25, 0.3) is 6.08 Å². The van der Waals surface area contributed by atoms with Crippen molar-refractivity contribution in [1.29, 1.82) is 5.26 Å². The number of anilines is 1. The summed E-state index contributed by atoms with van der Waals surface area (Å²) < 4.78 is 8.27. The molecule has 1 amide bonds. The average Bonchev–Trinajstić information content (AvgIpc) is 2.59. The molecule has 0 aliphatic rings. The van der Waals surface area contributed by atoms with Gasteiger partial charge in [0.15, 0.2) is 0 Å². The zero-order chi connectivity index (χ0) is 19.1. The van der Waals surface area contributed by atoms with Crippen molar-refractivity contribution in [1.82, 2.24) is 0 Å². The molecule has 2 rings (SSSR count). The summed E-state index contributed by atoms with van der Waals surface area (Å²) in [5.41, 5.74) is 1.39. The summed E-state index contributed by atoms with van der Waals surface area (Å²) in [5, 5.41) is 12.1. The molecule has 0 spiro atoms. The van der Waals surface area contributed by atoms with E-state index in [9.17, 15) is 10.1 Å². The van der Waals surface area contributed by atoms with E-state index in [2.05, 4.69) is 73.0 Å². The van der Waals surface area contributed by atoms with Crippen molar-refractivity contribution in [2.75, 3.05) is 11.9 Å². The van der Waals surface area contributed by atoms with Gasteiger partial charge in [-0.3, -0.25) is 4.79 Å². The fraction of sp³-hybridized carbons (Fsp3) is 0.0526. The topological polar surface area (TPSA) is 62.1 Å². The molecule has 0 heterocycles. The average molecular weight is 635 g/mol. The Labute approximate surface area is 187 Å². The van der Waals surface area contributed by atoms with Crippen molar-refractivity contribution in [2.45, 2.75) is 0 Å². The van der Waals surface area contributed by atoms with E-state index < -0.39 is 5.91 Å². The lowest BCUT2D eigenvalue weighted by Gasteiger charge is -2.10. The molecule has 0 saturated heterocycles. The number of rotatable bonds is 6. The van der Waals surface area contributed by atoms with Crippen molar-refractivity contribution in [3.8, 4) is 11.8 Å². The maximum atomic E-state index is 12.4. The van der Waals surface area contributed by atoms with Crippen LogP contribution in [0.15, 0.2) is 59.1 Å². The molecule has 0 aliphatic heterocycles. The molecule has 7 heteroatoms. The van der Waals surface area contributed by atoms with Crippen molar-refractivity contribution in [3.63, 3.8) is 0 Å². The minimum absolute atomic E-state index is 0.0244. The van der Waals surface area contributed by atoms with Gasteiger partial charge in [0.25, 0.3) is 5.91 Å². The molecule has 0 bridgehead atoms. The van der Waals surface area contributed by atoms with Crippen LogP contribution in [-0.2, 0) is 4.79 Å². The second kappa shape index (κ2) is 10.1. The first-order valence-corrected chi connectivity index (χ1v) is 10.3. The Balaban J connectivity index is 2.26. The normalized spacial score (nSPS) is 10.8. The number of hydrogen-bond donors (Lipinski definition) is 1. The Bertz CT molecular complexity index is 897. The second-order valence-electron chi connectivity index (χ2n) is 5.05. The van der Waals surface area contributed by atoms with Gasteiger partial charge in [0.1, 0.15) is 24.0 Å². The van der Waals surface area contributed by atoms with Gasteiger partial charge in [-0.1, -0.05) is 34.7 Å². The Morgan fingerprint density at radius 3 is 2.58 bits per heavy atom. The van der Waals surface area contributed by atoms with Crippen molar-refractivity contribution in [3.05, 3.63) is 71.8 Å². The summed E-state index contributed by atoms with van der Waals surface area (Å²) in [5.74, 6) is 0.308. The molecule has 26 heavy (non-hydrogen) atoms. The van der Waals surface area contributed by atoms with Gasteiger partial charge in [-0.15, -0.1) is 0 Å². The minimum atomic E-state index is -0.456. The largest absolute Gasteiger partial charge is 0.487 e. The Kier molecular flexibility index (Phi) is 8.12. The number of halogens is 3. The summed E-state index contributed by atoms with van der Waals surface area (Å²) in [4.78, 5) is 12.4. The zero-order valence-electron chi connectivity index (χ0n) is 13.4. The monoisotopic (exact) mass is 634 g/mol. The summed E-state index contributed by atoms with van der Waals surface area (Å²) >= 11 is 7.69. The van der Waals surface area contributed by atoms with E-state index >= 15 is 0 Å². The van der Waals surface area contributed by atoms with Gasteiger partial charge < -0.3 is 10.1 Å². The number of nitrogens with zero attached hydrogens (tertiary/aromatic N) is 1. The fourth-order valence-electron chi connectivity index (χ4n) is 2.02. The number of hydrogen-bond acceptors (Lipinski definition) is 3. The Hall–Kier alpha value is -1.38. The number of nitrogens with one attached hydrogen (secondary N) is 1. The van der Waals surface area contributed by atoms with Crippen molar-refractivity contribution in [2.24, 2.45) is 0 Å². The number of carbonyl (C=O) groups excluding carboxylic acids is 1. The van der Waals surface area contributed by atoms with Gasteiger partial charge >= 0.3 is 0 Å². The van der Waals surface area contributed by atoms with Crippen LogP contribution in [-0.4, -0.2) is 12.5 Å². The molecule has 0 fully saturated rings. The van der Waals surface area contributed by atoms with E-state index in [1.807, 2.05) is 30.3 Å². The van der Waals surface area contributed by atoms with Crippen LogP contribution in [0, 0.1) is 18.5 Å². The number of amides is 1. The van der Waals surface area contributed by atoms with Crippen LogP contribution >= 0.6 is 61.1 Å². The van der Waals surface area contributed by atoms with Gasteiger partial charge in [0.05, 0.1) is 7.14 Å². The van der Waals surface area contributed by atoms with Crippen LogP contribution in [0.2, 0.25) is 0 Å². The third-order valence-corrected chi connectivity index (χ3v) is 5.22. The molecule has 0 unspecified atom stereocenters. The first-order chi connectivity index (χ1) is 12.4. The van der Waals surface area contributed by atoms with Crippen LogP contribution < -0.4 is 10.1 Å². The number of carbonyl (C=O) groups is 1. The van der Waals surface area contributed by atoms with Crippen LogP contribution in [0.4, 0.5) is 5.69 Å². The molecular formula is C19H13BrI2N2O2. The highest BCUT2D eigenvalue weighted by molar-refractivity contribution is 14.1. The lowest BCUT2D eigenvalue weighted by molar-refractivity contribution is -0.112. The van der Waals surface area contributed by atoms with Gasteiger partial charge in [-0.25, -0.2) is 0 Å². The molecule has 2 aromatic rings. The SMILES string of the molecule is C=CCOc1c(I)cc(/C=C(/C#N)C(=O)Nc2cccc(Br)c2)cc1I. The molecule has 4 nitrogen and oxygen atoms in total. The molecule has 0 aliphatic carbocycles. The third-order valence-electron chi connectivity index (χ3n) is 3.12. The van der Waals surface area contributed by atoms with E-state index in [0.29, 0.717) is 12.3 Å². The molecule has 132 valence electrons. The highest BCUT2D eigenvalue weighted by atomic mass is 127. The Morgan fingerprint density at radius 1 is 1.31 bits per heavy atom. The van der Waals surface area contributed by atoms with Crippen molar-refractivity contribution >= 4 is 78.8 Å². The fourth-order valence-corrected chi connectivity index (χ4v) is 4.55. The molecule has 0 atom stereocenters. The van der Waals surface area contributed by atoms with Gasteiger partial charge in [-0.05, 0) is 87.2 Å². The highest BCUT2D eigenvalue weighted by Crippen LogP contribution is 2.30. The molecule has 0 aromatic heterocycles. The van der Waals surface area contributed by atoms with E-state index in [4.69, 9.17) is 4.74 Å². The lowest BCUT2D eigenvalue weighted by atomic mass is 10.1. The maximum Gasteiger partial charge on any atom is 0.266 e. The van der Waals surface area contributed by atoms with Crippen molar-refractivity contribution < 1.29 is 9.53 Å². The lowest BCUT2D eigenvalue weighted by Crippen LogP contribution is -2.13. The second-order valence-corrected chi connectivity index (χ2v) is 8.29. The third kappa shape index (κ3) is 5.82. The number of ether oxygens (including phenoxy) is 1. The van der Waals surface area contributed by atoms with Crippen LogP contribution in [0.5, 0.6) is 5.75 Å². The van der Waals surface area contributed by atoms with Gasteiger partial charge in [0.2, 0.25) is 0 Å². The molecule has 1 N–H and O–H groups in total. The van der Waals surface area contributed by atoms with E-state index in [1.165, 1.54) is 0 Å². The van der Waals surface area contributed by atoms with E-state index in [1.54, 1.807) is 24.3 Å². The summed E-state index contributed by atoms with van der Waals surface area (Å²) in [6.07, 6.45) is 3.24. The molecular weight excluding hydrogens is 622 g/mol. The molecule has 0 radical (unpaired) electrons. The quantitative estimate of drug-likeness (QED) is 0.190. The molecule has 0 saturated carbocycles. The zero-order valence-corrected chi connectivity index (χ0v) is 19.3. The predicted molar refractivity (Wildman–Crippen MR) is 124 cm³/mol. The standard InChI is InChI=1S/C19H13BrI2N2O2/c1-2-6-26-18-16(21)8-12(9-17(18)22)7-13(11-23)19(25)24-15-5-3-4-14(20)10-15/h2-5,7-10H,1,6H2,(H,24,25)/b13-7-. The predicted octanol–water partition coefficient (Wildman–Crippen LogP) is 5.77. The van der Waals surface area contributed by atoms with E-state index in [-0.39, 0.29) is 5.57 Å². The van der Waals surface area contributed by atoms with E-state index in [0.717, 1.165) is 22.9 Å².